The normalized spacial score (nSPS) is 10.7. The van der Waals surface area contributed by atoms with Gasteiger partial charge < -0.3 is 9.47 Å². The summed E-state index contributed by atoms with van der Waals surface area (Å²) in [6.07, 6.45) is 1.43. The van der Waals surface area contributed by atoms with Gasteiger partial charge in [0, 0.05) is 12.5 Å². The summed E-state index contributed by atoms with van der Waals surface area (Å²) in [6, 6.07) is 7.84. The second-order valence-corrected chi connectivity index (χ2v) is 6.85. The molecule has 0 saturated carbocycles. The van der Waals surface area contributed by atoms with Gasteiger partial charge >= 0.3 is 5.97 Å². The summed E-state index contributed by atoms with van der Waals surface area (Å²) >= 11 is 15.1. The van der Waals surface area contributed by atoms with Crippen molar-refractivity contribution < 1.29 is 19.1 Å². The second-order valence-electron chi connectivity index (χ2n) is 5.18. The Hall–Kier alpha value is -2.09. The van der Waals surface area contributed by atoms with Gasteiger partial charge in [-0.15, -0.1) is 0 Å². The molecule has 142 valence electrons. The molecular formula is C18H15BrCl2N2O4. The molecule has 2 aromatic rings. The van der Waals surface area contributed by atoms with Gasteiger partial charge in [-0.05, 0) is 58.7 Å². The Morgan fingerprint density at radius 3 is 2.59 bits per heavy atom. The predicted octanol–water partition coefficient (Wildman–Crippen LogP) is 4.84. The molecule has 2 rings (SSSR count). The van der Waals surface area contributed by atoms with E-state index in [1.807, 2.05) is 6.92 Å². The largest absolute Gasteiger partial charge is 0.490 e. The van der Waals surface area contributed by atoms with E-state index in [0.717, 1.165) is 0 Å². The van der Waals surface area contributed by atoms with E-state index in [0.29, 0.717) is 33.0 Å². The number of hydrogen-bond donors (Lipinski definition) is 1. The first-order valence-corrected chi connectivity index (χ1v) is 9.30. The molecule has 0 aliphatic heterocycles. The molecule has 0 spiro atoms. The number of esters is 1. The summed E-state index contributed by atoms with van der Waals surface area (Å²) in [5, 5.41) is 4.55. The van der Waals surface area contributed by atoms with E-state index in [2.05, 4.69) is 26.5 Å². The lowest BCUT2D eigenvalue weighted by Crippen LogP contribution is -2.17. The molecule has 1 amide bonds. The average Bonchev–Trinajstić information content (AvgIpc) is 2.60. The molecule has 0 fully saturated rings. The van der Waals surface area contributed by atoms with Crippen molar-refractivity contribution in [2.45, 2.75) is 13.8 Å². The molecule has 0 aliphatic rings. The quantitative estimate of drug-likeness (QED) is 0.281. The van der Waals surface area contributed by atoms with Gasteiger partial charge in [0.25, 0.3) is 5.91 Å². The monoisotopic (exact) mass is 472 g/mol. The lowest BCUT2D eigenvalue weighted by molar-refractivity contribution is -0.132. The Balaban J connectivity index is 2.17. The zero-order valence-electron chi connectivity index (χ0n) is 14.4. The number of hydrazone groups is 1. The first-order chi connectivity index (χ1) is 12.8. The third-order valence-electron chi connectivity index (χ3n) is 3.14. The number of halogens is 3. The molecule has 0 heterocycles. The van der Waals surface area contributed by atoms with E-state index in [1.165, 1.54) is 31.3 Å². The SMILES string of the molecule is CCOc1cc(/C=N\NC(=O)c2ccc(Cl)c(Cl)c2)cc(Br)c1OC(C)=O. The number of hydrogen-bond acceptors (Lipinski definition) is 5. The van der Waals surface area contributed by atoms with Crippen LogP contribution in [0.2, 0.25) is 10.0 Å². The van der Waals surface area contributed by atoms with Gasteiger partial charge in [0.2, 0.25) is 0 Å². The van der Waals surface area contributed by atoms with Crippen molar-refractivity contribution in [1.29, 1.82) is 0 Å². The number of carbonyl (C=O) groups is 2. The number of nitrogens with zero attached hydrogens (tertiary/aromatic N) is 1. The van der Waals surface area contributed by atoms with Gasteiger partial charge in [-0.2, -0.15) is 5.10 Å². The van der Waals surface area contributed by atoms with Gasteiger partial charge in [0.1, 0.15) is 0 Å². The van der Waals surface area contributed by atoms with Crippen molar-refractivity contribution >= 4 is 57.2 Å². The molecule has 0 aliphatic carbocycles. The van der Waals surface area contributed by atoms with Crippen LogP contribution in [-0.2, 0) is 4.79 Å². The van der Waals surface area contributed by atoms with E-state index >= 15 is 0 Å². The van der Waals surface area contributed by atoms with Crippen LogP contribution in [0.4, 0.5) is 0 Å². The van der Waals surface area contributed by atoms with Gasteiger partial charge in [0.15, 0.2) is 11.5 Å². The van der Waals surface area contributed by atoms with Crippen molar-refractivity contribution in [3.63, 3.8) is 0 Å². The number of ether oxygens (including phenoxy) is 2. The minimum absolute atomic E-state index is 0.277. The number of amides is 1. The Bertz CT molecular complexity index is 903. The van der Waals surface area contributed by atoms with Gasteiger partial charge in [-0.1, -0.05) is 23.2 Å². The van der Waals surface area contributed by atoms with Crippen molar-refractivity contribution in [2.75, 3.05) is 6.61 Å². The van der Waals surface area contributed by atoms with E-state index in [4.69, 9.17) is 32.7 Å². The zero-order chi connectivity index (χ0) is 20.0. The molecule has 0 unspecified atom stereocenters. The fourth-order valence-corrected chi connectivity index (χ4v) is 2.87. The highest BCUT2D eigenvalue weighted by atomic mass is 79.9. The molecule has 0 radical (unpaired) electrons. The van der Waals surface area contributed by atoms with E-state index in [1.54, 1.807) is 12.1 Å². The summed E-state index contributed by atoms with van der Waals surface area (Å²) in [5.41, 5.74) is 3.34. The molecule has 9 heteroatoms. The maximum atomic E-state index is 12.1. The smallest absolute Gasteiger partial charge is 0.308 e. The van der Waals surface area contributed by atoms with Crippen molar-refractivity contribution in [3.8, 4) is 11.5 Å². The predicted molar refractivity (Wildman–Crippen MR) is 108 cm³/mol. The highest BCUT2D eigenvalue weighted by Gasteiger charge is 2.14. The summed E-state index contributed by atoms with van der Waals surface area (Å²) in [5.74, 6) is -0.252. The summed E-state index contributed by atoms with van der Waals surface area (Å²) < 4.78 is 11.2. The summed E-state index contributed by atoms with van der Waals surface area (Å²) in [7, 11) is 0. The first-order valence-electron chi connectivity index (χ1n) is 7.75. The lowest BCUT2D eigenvalue weighted by Gasteiger charge is -2.12. The van der Waals surface area contributed by atoms with Crippen molar-refractivity contribution in [2.24, 2.45) is 5.10 Å². The van der Waals surface area contributed by atoms with E-state index in [9.17, 15) is 9.59 Å². The third-order valence-corrected chi connectivity index (χ3v) is 4.47. The Morgan fingerprint density at radius 1 is 1.22 bits per heavy atom. The molecular weight excluding hydrogens is 459 g/mol. The average molecular weight is 474 g/mol. The third kappa shape index (κ3) is 5.95. The van der Waals surface area contributed by atoms with Crippen LogP contribution in [0.25, 0.3) is 0 Å². The molecule has 6 nitrogen and oxygen atoms in total. The molecule has 0 bridgehead atoms. The van der Waals surface area contributed by atoms with E-state index < -0.39 is 11.9 Å². The fraction of sp³-hybridized carbons (Fsp3) is 0.167. The van der Waals surface area contributed by atoms with Crippen LogP contribution in [0.1, 0.15) is 29.8 Å². The number of benzene rings is 2. The highest BCUT2D eigenvalue weighted by molar-refractivity contribution is 9.10. The standard InChI is InChI=1S/C18H15BrCl2N2O4/c1-3-26-16-7-11(6-13(19)17(16)27-10(2)24)9-22-23-18(25)12-4-5-14(20)15(21)8-12/h4-9H,3H2,1-2H3,(H,23,25)/b22-9-. The lowest BCUT2D eigenvalue weighted by atomic mass is 10.2. The summed E-state index contributed by atoms with van der Waals surface area (Å²) in [4.78, 5) is 23.3. The maximum absolute atomic E-state index is 12.1. The van der Waals surface area contributed by atoms with Gasteiger partial charge in [-0.25, -0.2) is 5.43 Å². The zero-order valence-corrected chi connectivity index (χ0v) is 17.5. The van der Waals surface area contributed by atoms with Crippen LogP contribution in [0.15, 0.2) is 39.9 Å². The second kappa shape index (κ2) is 9.73. The molecule has 2 aromatic carbocycles. The van der Waals surface area contributed by atoms with Crippen molar-refractivity contribution in [1.82, 2.24) is 5.43 Å². The first kappa shape index (κ1) is 21.2. The number of carbonyl (C=O) groups excluding carboxylic acids is 2. The van der Waals surface area contributed by atoms with Crippen LogP contribution in [0.3, 0.4) is 0 Å². The Kier molecular flexibility index (Phi) is 7.65. The van der Waals surface area contributed by atoms with Crippen LogP contribution in [0.5, 0.6) is 11.5 Å². The maximum Gasteiger partial charge on any atom is 0.308 e. The molecule has 27 heavy (non-hydrogen) atoms. The van der Waals surface area contributed by atoms with Gasteiger partial charge in [0.05, 0.1) is 27.3 Å². The van der Waals surface area contributed by atoms with Gasteiger partial charge in [-0.3, -0.25) is 9.59 Å². The molecule has 0 saturated heterocycles. The topological polar surface area (TPSA) is 77.0 Å². The van der Waals surface area contributed by atoms with Crippen LogP contribution in [-0.4, -0.2) is 24.7 Å². The minimum atomic E-state index is -0.466. The van der Waals surface area contributed by atoms with Crippen LogP contribution < -0.4 is 14.9 Å². The highest BCUT2D eigenvalue weighted by Crippen LogP contribution is 2.36. The molecule has 0 aromatic heterocycles. The fourth-order valence-electron chi connectivity index (χ4n) is 2.04. The molecule has 1 N–H and O–H groups in total. The number of nitrogens with one attached hydrogen (secondary N) is 1. The van der Waals surface area contributed by atoms with Crippen molar-refractivity contribution in [3.05, 3.63) is 56.0 Å². The molecule has 0 atom stereocenters. The Labute approximate surface area is 174 Å². The summed E-state index contributed by atoms with van der Waals surface area (Å²) in [6.45, 7) is 3.50. The Morgan fingerprint density at radius 2 is 1.96 bits per heavy atom. The number of rotatable bonds is 6. The van der Waals surface area contributed by atoms with Crippen LogP contribution >= 0.6 is 39.1 Å². The van der Waals surface area contributed by atoms with Crippen LogP contribution in [0, 0.1) is 0 Å². The minimum Gasteiger partial charge on any atom is -0.490 e. The van der Waals surface area contributed by atoms with E-state index in [-0.39, 0.29) is 10.8 Å².